The minimum Gasteiger partial charge on any atom is -0.290 e. The molecule has 0 unspecified atom stereocenters. The molecule has 0 amide bonds. The van der Waals surface area contributed by atoms with Crippen LogP contribution < -0.4 is 5.48 Å². The van der Waals surface area contributed by atoms with Crippen molar-refractivity contribution in [2.75, 3.05) is 0 Å². The fourth-order valence-corrected chi connectivity index (χ4v) is 1.19. The molecule has 0 aliphatic carbocycles. The van der Waals surface area contributed by atoms with Gasteiger partial charge in [0.1, 0.15) is 6.34 Å². The zero-order chi connectivity index (χ0) is 10.4. The monoisotopic (exact) mass is 214 g/mol. The third kappa shape index (κ3) is 2.93. The average molecular weight is 215 g/mol. The topological polar surface area (TPSA) is 70.4 Å². The van der Waals surface area contributed by atoms with E-state index < -0.39 is 0 Å². The van der Waals surface area contributed by atoms with Crippen molar-refractivity contribution in [3.8, 4) is 0 Å². The zero-order valence-electron chi connectivity index (χ0n) is 7.74. The van der Waals surface area contributed by atoms with Gasteiger partial charge < -0.3 is 0 Å². The predicted molar refractivity (Wildman–Crippen MR) is 54.1 cm³/mol. The molecule has 2 N–H and O–H groups in total. The van der Waals surface area contributed by atoms with Gasteiger partial charge in [-0.25, -0.2) is 4.99 Å². The summed E-state index contributed by atoms with van der Waals surface area (Å²) in [7, 11) is 0. The van der Waals surface area contributed by atoms with Gasteiger partial charge in [-0.2, -0.15) is 0 Å². The van der Waals surface area contributed by atoms with E-state index >= 15 is 0 Å². The third-order valence-corrected chi connectivity index (χ3v) is 1.90. The van der Waals surface area contributed by atoms with Crippen molar-refractivity contribution in [3.05, 3.63) is 16.8 Å². The second kappa shape index (κ2) is 5.51. The van der Waals surface area contributed by atoms with Gasteiger partial charge in [-0.15, -0.1) is 10.2 Å². The van der Waals surface area contributed by atoms with Crippen molar-refractivity contribution in [1.29, 1.82) is 0 Å². The Hall–Kier alpha value is -1.20. The molecule has 0 saturated carbocycles. The molecule has 1 heterocycles. The molecule has 0 aliphatic heterocycles. The van der Waals surface area contributed by atoms with E-state index in [1.165, 1.54) is 0 Å². The van der Waals surface area contributed by atoms with Crippen molar-refractivity contribution in [3.63, 3.8) is 0 Å². The van der Waals surface area contributed by atoms with E-state index in [-0.39, 0.29) is 0 Å². The standard InChI is InChI=1S/C8H11ClN4O/c1-2-3-6-4-7(10-5-11-14)12-13-8(6)9/h4-5,14H,2-3H2,1H3,(H,10,11,12). The SMILES string of the molecule is CCCc1cc(N=CNO)nnc1Cl. The van der Waals surface area contributed by atoms with Gasteiger partial charge in [-0.05, 0) is 18.1 Å². The van der Waals surface area contributed by atoms with E-state index in [1.807, 2.05) is 0 Å². The molecule has 0 bridgehead atoms. The summed E-state index contributed by atoms with van der Waals surface area (Å²) in [4.78, 5) is 3.79. The Morgan fingerprint density at radius 1 is 1.64 bits per heavy atom. The minimum atomic E-state index is 0.405. The van der Waals surface area contributed by atoms with Crippen molar-refractivity contribution < 1.29 is 5.21 Å². The third-order valence-electron chi connectivity index (χ3n) is 1.58. The summed E-state index contributed by atoms with van der Waals surface area (Å²) in [6.07, 6.45) is 2.93. The van der Waals surface area contributed by atoms with Gasteiger partial charge in [0.05, 0.1) is 0 Å². The first kappa shape index (κ1) is 10.9. The van der Waals surface area contributed by atoms with Crippen molar-refractivity contribution in [2.24, 2.45) is 4.99 Å². The second-order valence-electron chi connectivity index (χ2n) is 2.66. The van der Waals surface area contributed by atoms with Gasteiger partial charge in [0.25, 0.3) is 0 Å². The molecule has 76 valence electrons. The predicted octanol–water partition coefficient (Wildman–Crippen LogP) is 1.72. The number of aromatic nitrogens is 2. The Morgan fingerprint density at radius 3 is 3.07 bits per heavy atom. The lowest BCUT2D eigenvalue weighted by Gasteiger charge is -2.00. The highest BCUT2D eigenvalue weighted by atomic mass is 35.5. The van der Waals surface area contributed by atoms with Crippen LogP contribution in [0.25, 0.3) is 0 Å². The van der Waals surface area contributed by atoms with Crippen LogP contribution in [-0.2, 0) is 6.42 Å². The summed E-state index contributed by atoms with van der Waals surface area (Å²) in [5.41, 5.74) is 2.70. The molecule has 1 aromatic heterocycles. The van der Waals surface area contributed by atoms with Crippen LogP contribution in [-0.4, -0.2) is 21.7 Å². The van der Waals surface area contributed by atoms with Crippen LogP contribution in [0.2, 0.25) is 5.15 Å². The second-order valence-corrected chi connectivity index (χ2v) is 3.01. The molecule has 0 radical (unpaired) electrons. The lowest BCUT2D eigenvalue weighted by molar-refractivity contribution is 0.240. The Morgan fingerprint density at radius 2 is 2.43 bits per heavy atom. The van der Waals surface area contributed by atoms with E-state index in [1.54, 1.807) is 11.5 Å². The van der Waals surface area contributed by atoms with Crippen molar-refractivity contribution >= 4 is 23.8 Å². The van der Waals surface area contributed by atoms with Crippen molar-refractivity contribution in [2.45, 2.75) is 19.8 Å². The van der Waals surface area contributed by atoms with Gasteiger partial charge in [-0.1, -0.05) is 24.9 Å². The first-order valence-electron chi connectivity index (χ1n) is 4.22. The smallest absolute Gasteiger partial charge is 0.176 e. The van der Waals surface area contributed by atoms with Crippen LogP contribution >= 0.6 is 11.6 Å². The van der Waals surface area contributed by atoms with Crippen LogP contribution in [0, 0.1) is 0 Å². The lowest BCUT2D eigenvalue weighted by atomic mass is 10.2. The normalized spacial score (nSPS) is 10.8. The Balaban J connectivity index is 2.88. The Kier molecular flexibility index (Phi) is 4.28. The van der Waals surface area contributed by atoms with Gasteiger partial charge in [-0.3, -0.25) is 10.7 Å². The number of hydrogen-bond donors (Lipinski definition) is 2. The number of nitrogens with zero attached hydrogens (tertiary/aromatic N) is 3. The van der Waals surface area contributed by atoms with Crippen LogP contribution in [0.15, 0.2) is 11.1 Å². The summed E-state index contributed by atoms with van der Waals surface area (Å²) >= 11 is 5.82. The fraction of sp³-hybridized carbons (Fsp3) is 0.375. The maximum Gasteiger partial charge on any atom is 0.176 e. The number of nitrogens with one attached hydrogen (secondary N) is 1. The summed E-state index contributed by atoms with van der Waals surface area (Å²) in [5, 5.41) is 16.2. The van der Waals surface area contributed by atoms with Gasteiger partial charge >= 0.3 is 0 Å². The molecule has 0 fully saturated rings. The lowest BCUT2D eigenvalue weighted by Crippen LogP contribution is -2.01. The first-order valence-corrected chi connectivity index (χ1v) is 4.60. The van der Waals surface area contributed by atoms with E-state index in [2.05, 4.69) is 22.1 Å². The number of halogens is 1. The maximum atomic E-state index is 8.28. The van der Waals surface area contributed by atoms with Gasteiger partial charge in [0.15, 0.2) is 11.0 Å². The highest BCUT2D eigenvalue weighted by molar-refractivity contribution is 6.30. The molecule has 0 aromatic carbocycles. The largest absolute Gasteiger partial charge is 0.290 e. The average Bonchev–Trinajstić information content (AvgIpc) is 2.19. The summed E-state index contributed by atoms with van der Waals surface area (Å²) in [6, 6.07) is 1.74. The molecule has 1 rings (SSSR count). The number of hydroxylamine groups is 1. The number of rotatable bonds is 4. The number of hydrogen-bond acceptors (Lipinski definition) is 4. The fourth-order valence-electron chi connectivity index (χ4n) is 1.01. The van der Waals surface area contributed by atoms with Gasteiger partial charge in [0, 0.05) is 0 Å². The highest BCUT2D eigenvalue weighted by Crippen LogP contribution is 2.17. The zero-order valence-corrected chi connectivity index (χ0v) is 8.49. The molecule has 14 heavy (non-hydrogen) atoms. The highest BCUT2D eigenvalue weighted by Gasteiger charge is 2.02. The molecule has 6 heteroatoms. The van der Waals surface area contributed by atoms with Crippen molar-refractivity contribution in [1.82, 2.24) is 15.7 Å². The van der Waals surface area contributed by atoms with Crippen LogP contribution in [0.3, 0.4) is 0 Å². The van der Waals surface area contributed by atoms with Gasteiger partial charge in [0.2, 0.25) is 0 Å². The molecule has 0 aliphatic rings. The number of aryl methyl sites for hydroxylation is 1. The maximum absolute atomic E-state index is 8.28. The first-order chi connectivity index (χ1) is 6.77. The number of aliphatic imine (C=N–C) groups is 1. The summed E-state index contributed by atoms with van der Waals surface area (Å²) < 4.78 is 0. The molecular weight excluding hydrogens is 204 g/mol. The minimum absolute atomic E-state index is 0.405. The van der Waals surface area contributed by atoms with Crippen LogP contribution in [0.4, 0.5) is 5.82 Å². The summed E-state index contributed by atoms with van der Waals surface area (Å²) in [6.45, 7) is 2.05. The quantitative estimate of drug-likeness (QED) is 0.455. The molecule has 0 spiro atoms. The van der Waals surface area contributed by atoms with E-state index in [0.29, 0.717) is 11.0 Å². The van der Waals surface area contributed by atoms with E-state index in [4.69, 9.17) is 16.8 Å². The molecule has 1 aromatic rings. The molecule has 0 saturated heterocycles. The molecular formula is C8H11ClN4O. The van der Waals surface area contributed by atoms with E-state index in [9.17, 15) is 0 Å². The van der Waals surface area contributed by atoms with E-state index in [0.717, 1.165) is 24.7 Å². The molecule has 5 nitrogen and oxygen atoms in total. The van der Waals surface area contributed by atoms with Crippen LogP contribution in [0.1, 0.15) is 18.9 Å². The Bertz CT molecular complexity index is 329. The Labute approximate surface area is 86.8 Å². The van der Waals surface area contributed by atoms with Crippen LogP contribution in [0.5, 0.6) is 0 Å². The summed E-state index contributed by atoms with van der Waals surface area (Å²) in [5.74, 6) is 0.416. The molecule has 0 atom stereocenters.